The third-order valence-corrected chi connectivity index (χ3v) is 7.12. The van der Waals surface area contributed by atoms with Crippen LogP contribution < -0.4 is 0 Å². The normalized spacial score (nSPS) is 22.9. The van der Waals surface area contributed by atoms with Crippen LogP contribution in [0, 0.1) is 0 Å². The zero-order valence-corrected chi connectivity index (χ0v) is 16.2. The summed E-state index contributed by atoms with van der Waals surface area (Å²) < 4.78 is 25.7. The fourth-order valence-corrected chi connectivity index (χ4v) is 5.43. The minimum atomic E-state index is -3.04. The minimum absolute atomic E-state index is 0.0800. The average molecular weight is 388 g/mol. The molecule has 0 aliphatic carbocycles. The third kappa shape index (κ3) is 3.77. The van der Waals surface area contributed by atoms with Crippen molar-refractivity contribution in [3.8, 4) is 11.3 Å². The number of benzene rings is 1. The molecule has 2 aromatic rings. The molecule has 1 unspecified atom stereocenters. The van der Waals surface area contributed by atoms with Crippen molar-refractivity contribution in [2.75, 3.05) is 44.7 Å². The van der Waals surface area contributed by atoms with Crippen LogP contribution in [0.1, 0.15) is 23.0 Å². The van der Waals surface area contributed by atoms with Gasteiger partial charge in [-0.2, -0.15) is 5.10 Å². The van der Waals surface area contributed by atoms with Crippen LogP contribution in [0.3, 0.4) is 0 Å². The van der Waals surface area contributed by atoms with Crippen molar-refractivity contribution in [2.24, 2.45) is 0 Å². The third-order valence-electron chi connectivity index (χ3n) is 5.37. The van der Waals surface area contributed by atoms with E-state index in [1.165, 1.54) is 0 Å². The number of amides is 1. The molecule has 1 aromatic carbocycles. The Balaban J connectivity index is 1.68. The van der Waals surface area contributed by atoms with Gasteiger partial charge in [-0.05, 0) is 25.1 Å². The van der Waals surface area contributed by atoms with Gasteiger partial charge < -0.3 is 9.80 Å². The van der Waals surface area contributed by atoms with E-state index in [1.807, 2.05) is 42.3 Å². The summed E-state index contributed by atoms with van der Waals surface area (Å²) in [5.41, 5.74) is 2.13. The Morgan fingerprint density at radius 1 is 1.11 bits per heavy atom. The van der Waals surface area contributed by atoms with Gasteiger partial charge >= 0.3 is 0 Å². The predicted molar refractivity (Wildman–Crippen MR) is 103 cm³/mol. The highest BCUT2D eigenvalue weighted by molar-refractivity contribution is 7.91. The van der Waals surface area contributed by atoms with Crippen molar-refractivity contribution in [3.05, 3.63) is 42.1 Å². The van der Waals surface area contributed by atoms with E-state index in [-0.39, 0.29) is 23.5 Å². The predicted octanol–water partition coefficient (Wildman–Crippen LogP) is 1.30. The second kappa shape index (κ2) is 7.09. The number of carbonyl (C=O) groups is 1. The molecule has 0 radical (unpaired) electrons. The summed E-state index contributed by atoms with van der Waals surface area (Å²) in [6.07, 6.45) is 0.534. The topological polar surface area (TPSA) is 75.5 Å². The van der Waals surface area contributed by atoms with Gasteiger partial charge in [0.05, 0.1) is 23.2 Å². The van der Waals surface area contributed by atoms with Crippen LogP contribution in [-0.2, 0) is 9.84 Å². The van der Waals surface area contributed by atoms with Crippen LogP contribution in [0.25, 0.3) is 11.3 Å². The first-order valence-electron chi connectivity index (χ1n) is 9.26. The highest BCUT2D eigenvalue weighted by Crippen LogP contribution is 2.30. The molecule has 7 nitrogen and oxygen atoms in total. The first-order valence-corrected chi connectivity index (χ1v) is 11.1. The van der Waals surface area contributed by atoms with Gasteiger partial charge in [-0.3, -0.25) is 9.48 Å². The first-order chi connectivity index (χ1) is 12.9. The molecule has 3 heterocycles. The Labute approximate surface area is 159 Å². The number of rotatable bonds is 3. The molecule has 2 aliphatic heterocycles. The molecule has 2 saturated heterocycles. The van der Waals surface area contributed by atoms with Crippen LogP contribution >= 0.6 is 0 Å². The lowest BCUT2D eigenvalue weighted by atomic mass is 10.1. The smallest absolute Gasteiger partial charge is 0.274 e. The molecular weight excluding hydrogens is 364 g/mol. The maximum atomic E-state index is 13.0. The average Bonchev–Trinajstić information content (AvgIpc) is 3.26. The zero-order valence-electron chi connectivity index (χ0n) is 15.4. The zero-order chi connectivity index (χ0) is 19.0. The van der Waals surface area contributed by atoms with Crippen molar-refractivity contribution in [3.63, 3.8) is 0 Å². The lowest BCUT2D eigenvalue weighted by Crippen LogP contribution is -2.47. The molecule has 8 heteroatoms. The summed E-state index contributed by atoms with van der Waals surface area (Å²) in [4.78, 5) is 17.0. The number of carbonyl (C=O) groups excluding carboxylic acids is 1. The quantitative estimate of drug-likeness (QED) is 0.792. The summed E-state index contributed by atoms with van der Waals surface area (Å²) in [6, 6.07) is 11.3. The maximum absolute atomic E-state index is 13.0. The molecular formula is C19H24N4O3S. The van der Waals surface area contributed by atoms with Crippen LogP contribution in [0.4, 0.5) is 0 Å². The molecule has 0 spiro atoms. The van der Waals surface area contributed by atoms with Crippen LogP contribution in [-0.4, -0.2) is 78.6 Å². The fourth-order valence-electron chi connectivity index (χ4n) is 3.74. The van der Waals surface area contributed by atoms with Crippen molar-refractivity contribution < 1.29 is 13.2 Å². The molecule has 1 aromatic heterocycles. The number of nitrogens with zero attached hydrogens (tertiary/aromatic N) is 4. The van der Waals surface area contributed by atoms with Gasteiger partial charge in [-0.25, -0.2) is 8.42 Å². The minimum Gasteiger partial charge on any atom is -0.335 e. The van der Waals surface area contributed by atoms with E-state index in [0.717, 1.165) is 24.3 Å². The van der Waals surface area contributed by atoms with Gasteiger partial charge in [0.15, 0.2) is 15.5 Å². The van der Waals surface area contributed by atoms with E-state index in [2.05, 4.69) is 10.00 Å². The summed E-state index contributed by atoms with van der Waals surface area (Å²) in [5, 5.41) is 4.58. The molecule has 27 heavy (non-hydrogen) atoms. The number of aromatic nitrogens is 2. The number of piperazine rings is 1. The van der Waals surface area contributed by atoms with E-state index in [9.17, 15) is 13.2 Å². The highest BCUT2D eigenvalue weighted by atomic mass is 32.2. The van der Waals surface area contributed by atoms with E-state index < -0.39 is 9.84 Å². The summed E-state index contributed by atoms with van der Waals surface area (Å²) in [7, 11) is -0.996. The van der Waals surface area contributed by atoms with Crippen molar-refractivity contribution >= 4 is 15.7 Å². The molecule has 2 fully saturated rings. The standard InChI is InChI=1S/C19H24N4O3S/c1-21-8-10-22(11-9-21)19(24)17-13-18(15-5-3-2-4-6-15)23(20-17)16-7-12-27(25,26)14-16/h2-6,13,16H,7-12,14H2,1H3. The van der Waals surface area contributed by atoms with E-state index in [1.54, 1.807) is 10.7 Å². The lowest BCUT2D eigenvalue weighted by Gasteiger charge is -2.31. The van der Waals surface area contributed by atoms with Gasteiger partial charge in [0.25, 0.3) is 5.91 Å². The number of likely N-dealkylation sites (N-methyl/N-ethyl adjacent to an activating group) is 1. The van der Waals surface area contributed by atoms with Gasteiger partial charge in [0.1, 0.15) is 0 Å². The second-order valence-electron chi connectivity index (χ2n) is 7.38. The van der Waals surface area contributed by atoms with Crippen LogP contribution in [0.15, 0.2) is 36.4 Å². The molecule has 1 amide bonds. The van der Waals surface area contributed by atoms with Crippen molar-refractivity contribution in [1.82, 2.24) is 19.6 Å². The molecule has 2 aliphatic rings. The molecule has 0 saturated carbocycles. The SMILES string of the molecule is CN1CCN(C(=O)c2cc(-c3ccccc3)n(C3CCS(=O)(=O)C3)n2)CC1. The molecule has 0 N–H and O–H groups in total. The fraction of sp³-hybridized carbons (Fsp3) is 0.474. The Bertz CT molecular complexity index is 931. The van der Waals surface area contributed by atoms with E-state index >= 15 is 0 Å². The Kier molecular flexibility index (Phi) is 4.77. The molecule has 0 bridgehead atoms. The van der Waals surface area contributed by atoms with Gasteiger partial charge in [0, 0.05) is 26.2 Å². The first kappa shape index (κ1) is 18.2. The maximum Gasteiger partial charge on any atom is 0.274 e. The highest BCUT2D eigenvalue weighted by Gasteiger charge is 2.33. The second-order valence-corrected chi connectivity index (χ2v) is 9.61. The van der Waals surface area contributed by atoms with Gasteiger partial charge in [-0.1, -0.05) is 30.3 Å². The molecule has 144 valence electrons. The summed E-state index contributed by atoms with van der Waals surface area (Å²) in [5.74, 6) is 0.171. The van der Waals surface area contributed by atoms with Crippen LogP contribution in [0.5, 0.6) is 0 Å². The summed E-state index contributed by atoms with van der Waals surface area (Å²) >= 11 is 0. The Hall–Kier alpha value is -2.19. The Morgan fingerprint density at radius 3 is 2.44 bits per heavy atom. The van der Waals surface area contributed by atoms with E-state index in [4.69, 9.17) is 0 Å². The molecule has 4 rings (SSSR count). The largest absolute Gasteiger partial charge is 0.335 e. The van der Waals surface area contributed by atoms with E-state index in [0.29, 0.717) is 25.2 Å². The van der Waals surface area contributed by atoms with Crippen molar-refractivity contribution in [1.29, 1.82) is 0 Å². The number of hydrogen-bond acceptors (Lipinski definition) is 5. The lowest BCUT2D eigenvalue weighted by molar-refractivity contribution is 0.0657. The Morgan fingerprint density at radius 2 is 1.81 bits per heavy atom. The van der Waals surface area contributed by atoms with Crippen molar-refractivity contribution in [2.45, 2.75) is 12.5 Å². The number of sulfone groups is 1. The number of hydrogen-bond donors (Lipinski definition) is 0. The van der Waals surface area contributed by atoms with Gasteiger partial charge in [-0.15, -0.1) is 0 Å². The molecule has 1 atom stereocenters. The monoisotopic (exact) mass is 388 g/mol. The van der Waals surface area contributed by atoms with Crippen LogP contribution in [0.2, 0.25) is 0 Å². The summed E-state index contributed by atoms with van der Waals surface area (Å²) in [6.45, 7) is 3.05. The van der Waals surface area contributed by atoms with Gasteiger partial charge in [0.2, 0.25) is 0 Å².